The van der Waals surface area contributed by atoms with Crippen molar-refractivity contribution in [2.75, 3.05) is 32.8 Å². The number of nitrogens with zero attached hydrogens (tertiary/aromatic N) is 2. The van der Waals surface area contributed by atoms with Gasteiger partial charge in [-0.25, -0.2) is 0 Å². The highest BCUT2D eigenvalue weighted by Crippen LogP contribution is 2.18. The molecule has 1 aliphatic heterocycles. The molecule has 0 unspecified atom stereocenters. The monoisotopic (exact) mass is 389 g/mol. The van der Waals surface area contributed by atoms with Crippen LogP contribution < -0.4 is 5.32 Å². The van der Waals surface area contributed by atoms with Crippen molar-refractivity contribution in [3.8, 4) is 5.69 Å². The summed E-state index contributed by atoms with van der Waals surface area (Å²) in [5.41, 5.74) is 4.04. The fraction of sp³-hybridized carbons (Fsp3) is 0.292. The minimum atomic E-state index is -0.0645. The maximum absolute atomic E-state index is 13.0. The first-order valence-corrected chi connectivity index (χ1v) is 10.1. The van der Waals surface area contributed by atoms with E-state index >= 15 is 0 Å². The van der Waals surface area contributed by atoms with E-state index in [-0.39, 0.29) is 11.9 Å². The molecule has 150 valence electrons. The number of amides is 1. The van der Waals surface area contributed by atoms with Crippen molar-refractivity contribution < 1.29 is 9.53 Å². The summed E-state index contributed by atoms with van der Waals surface area (Å²) in [7, 11) is 0. The van der Waals surface area contributed by atoms with Gasteiger partial charge in [0.05, 0.1) is 19.3 Å². The maximum Gasteiger partial charge on any atom is 0.251 e. The van der Waals surface area contributed by atoms with E-state index in [1.807, 2.05) is 53.4 Å². The predicted molar refractivity (Wildman–Crippen MR) is 114 cm³/mol. The van der Waals surface area contributed by atoms with Gasteiger partial charge >= 0.3 is 0 Å². The van der Waals surface area contributed by atoms with E-state index in [2.05, 4.69) is 41.4 Å². The maximum atomic E-state index is 13.0. The molecular weight excluding hydrogens is 362 g/mol. The first-order valence-electron chi connectivity index (χ1n) is 10.1. The molecule has 4 rings (SSSR count). The third kappa shape index (κ3) is 4.94. The number of hydrogen-bond acceptors (Lipinski definition) is 3. The number of hydrogen-bond donors (Lipinski definition) is 1. The normalized spacial score (nSPS) is 15.8. The Hall–Kier alpha value is -2.89. The van der Waals surface area contributed by atoms with Crippen molar-refractivity contribution in [1.82, 2.24) is 14.8 Å². The molecule has 29 heavy (non-hydrogen) atoms. The van der Waals surface area contributed by atoms with Crippen LogP contribution in [0.15, 0.2) is 73.1 Å². The highest BCUT2D eigenvalue weighted by Gasteiger charge is 2.21. The van der Waals surface area contributed by atoms with Crippen LogP contribution in [0.3, 0.4) is 0 Å². The van der Waals surface area contributed by atoms with Crippen LogP contribution in [-0.4, -0.2) is 48.2 Å². The van der Waals surface area contributed by atoms with E-state index in [1.54, 1.807) is 0 Å². The quantitative estimate of drug-likeness (QED) is 0.701. The third-order valence-electron chi connectivity index (χ3n) is 5.36. The summed E-state index contributed by atoms with van der Waals surface area (Å²) in [6.45, 7) is 6.13. The number of morpholine rings is 1. The zero-order valence-corrected chi connectivity index (χ0v) is 16.8. The van der Waals surface area contributed by atoms with Crippen molar-refractivity contribution in [2.24, 2.45) is 0 Å². The van der Waals surface area contributed by atoms with E-state index in [0.29, 0.717) is 5.56 Å². The lowest BCUT2D eigenvalue weighted by Gasteiger charge is -2.31. The lowest BCUT2D eigenvalue weighted by atomic mass is 10.0. The average molecular weight is 389 g/mol. The Labute approximate surface area is 171 Å². The fourth-order valence-corrected chi connectivity index (χ4v) is 3.61. The fourth-order valence-electron chi connectivity index (χ4n) is 3.61. The Bertz CT molecular complexity index is 912. The summed E-state index contributed by atoms with van der Waals surface area (Å²) in [6.07, 6.45) is 3.98. The zero-order chi connectivity index (χ0) is 20.1. The number of rotatable bonds is 6. The van der Waals surface area contributed by atoms with Gasteiger partial charge in [0.25, 0.3) is 5.91 Å². The first kappa shape index (κ1) is 19.4. The smallest absolute Gasteiger partial charge is 0.251 e. The van der Waals surface area contributed by atoms with Crippen LogP contribution in [0, 0.1) is 6.92 Å². The molecule has 3 aromatic rings. The second kappa shape index (κ2) is 9.07. The number of carbonyl (C=O) groups excluding carboxylic acids is 1. The van der Waals surface area contributed by atoms with Gasteiger partial charge in [-0.2, -0.15) is 0 Å². The molecule has 5 heteroatoms. The Morgan fingerprint density at radius 1 is 1.00 bits per heavy atom. The summed E-state index contributed by atoms with van der Waals surface area (Å²) < 4.78 is 7.49. The molecule has 1 aromatic heterocycles. The zero-order valence-electron chi connectivity index (χ0n) is 16.8. The van der Waals surface area contributed by atoms with E-state index in [1.165, 1.54) is 5.56 Å². The standard InChI is InChI=1S/C24H27N3O2/c1-19-4-6-20(7-5-19)23(18-26-14-16-29-17-15-26)25-24(28)21-8-10-22(11-9-21)27-12-2-3-13-27/h2-13,23H,14-18H2,1H3,(H,25,28)/t23-/m0/s1. The number of aryl methyl sites for hydroxylation is 1. The predicted octanol–water partition coefficient (Wildman–Crippen LogP) is 3.59. The number of carbonyl (C=O) groups is 1. The molecular formula is C24H27N3O2. The molecule has 1 atom stereocenters. The van der Waals surface area contributed by atoms with Gasteiger partial charge in [-0.3, -0.25) is 9.69 Å². The minimum absolute atomic E-state index is 0.0529. The van der Waals surface area contributed by atoms with Crippen LogP contribution in [0.1, 0.15) is 27.5 Å². The molecule has 1 fully saturated rings. The molecule has 1 amide bonds. The highest BCUT2D eigenvalue weighted by atomic mass is 16.5. The number of aromatic nitrogens is 1. The third-order valence-corrected chi connectivity index (χ3v) is 5.36. The largest absolute Gasteiger partial charge is 0.379 e. The molecule has 5 nitrogen and oxygen atoms in total. The van der Waals surface area contributed by atoms with E-state index in [4.69, 9.17) is 4.74 Å². The van der Waals surface area contributed by atoms with Crippen molar-refractivity contribution in [1.29, 1.82) is 0 Å². The van der Waals surface area contributed by atoms with Gasteiger partial charge < -0.3 is 14.6 Å². The van der Waals surface area contributed by atoms with Gasteiger partial charge in [-0.15, -0.1) is 0 Å². The first-order chi connectivity index (χ1) is 14.2. The lowest BCUT2D eigenvalue weighted by Crippen LogP contribution is -2.43. The average Bonchev–Trinajstić information content (AvgIpc) is 3.30. The summed E-state index contributed by atoms with van der Waals surface area (Å²) in [5.74, 6) is -0.0529. The second-order valence-electron chi connectivity index (χ2n) is 7.49. The van der Waals surface area contributed by atoms with Crippen LogP contribution >= 0.6 is 0 Å². The Morgan fingerprint density at radius 2 is 1.66 bits per heavy atom. The van der Waals surface area contributed by atoms with Crippen LogP contribution in [0.2, 0.25) is 0 Å². The summed E-state index contributed by atoms with van der Waals surface area (Å²) in [6, 6.07) is 20.0. The van der Waals surface area contributed by atoms with Gasteiger partial charge in [-0.05, 0) is 48.9 Å². The van der Waals surface area contributed by atoms with E-state index in [9.17, 15) is 4.79 Å². The lowest BCUT2D eigenvalue weighted by molar-refractivity contribution is 0.0332. The van der Waals surface area contributed by atoms with Gasteiger partial charge in [0.15, 0.2) is 0 Å². The van der Waals surface area contributed by atoms with E-state index in [0.717, 1.165) is 44.1 Å². The van der Waals surface area contributed by atoms with Crippen molar-refractivity contribution in [2.45, 2.75) is 13.0 Å². The molecule has 1 N–H and O–H groups in total. The highest BCUT2D eigenvalue weighted by molar-refractivity contribution is 5.94. The van der Waals surface area contributed by atoms with Crippen LogP contribution in [0.4, 0.5) is 0 Å². The summed E-state index contributed by atoms with van der Waals surface area (Å²) in [5, 5.41) is 3.24. The minimum Gasteiger partial charge on any atom is -0.379 e. The molecule has 0 aliphatic carbocycles. The van der Waals surface area contributed by atoms with Crippen molar-refractivity contribution >= 4 is 5.91 Å². The Balaban J connectivity index is 1.49. The molecule has 2 aromatic carbocycles. The summed E-state index contributed by atoms with van der Waals surface area (Å²) in [4.78, 5) is 15.3. The molecule has 2 heterocycles. The Kier molecular flexibility index (Phi) is 6.08. The molecule has 0 saturated carbocycles. The molecule has 0 bridgehead atoms. The van der Waals surface area contributed by atoms with Crippen molar-refractivity contribution in [3.63, 3.8) is 0 Å². The second-order valence-corrected chi connectivity index (χ2v) is 7.49. The molecule has 1 aliphatic rings. The molecule has 0 radical (unpaired) electrons. The molecule has 1 saturated heterocycles. The molecule has 0 spiro atoms. The van der Waals surface area contributed by atoms with Crippen LogP contribution in [-0.2, 0) is 4.74 Å². The van der Waals surface area contributed by atoms with Gasteiger partial charge in [-0.1, -0.05) is 29.8 Å². The number of nitrogens with one attached hydrogen (secondary N) is 1. The topological polar surface area (TPSA) is 46.5 Å². The van der Waals surface area contributed by atoms with Crippen LogP contribution in [0.25, 0.3) is 5.69 Å². The Morgan fingerprint density at radius 3 is 2.31 bits per heavy atom. The van der Waals surface area contributed by atoms with Crippen molar-refractivity contribution in [3.05, 3.63) is 89.7 Å². The van der Waals surface area contributed by atoms with Gasteiger partial charge in [0.1, 0.15) is 0 Å². The summed E-state index contributed by atoms with van der Waals surface area (Å²) >= 11 is 0. The van der Waals surface area contributed by atoms with E-state index < -0.39 is 0 Å². The van der Waals surface area contributed by atoms with Crippen LogP contribution in [0.5, 0.6) is 0 Å². The number of benzene rings is 2. The van der Waals surface area contributed by atoms with Gasteiger partial charge in [0.2, 0.25) is 0 Å². The SMILES string of the molecule is Cc1ccc([C@H](CN2CCOCC2)NC(=O)c2ccc(-n3cccc3)cc2)cc1. The van der Waals surface area contributed by atoms with Gasteiger partial charge in [0, 0.05) is 43.3 Å². The number of ether oxygens (including phenoxy) is 1.